The molecule has 0 aromatic rings. The molecule has 1 nitrogen and oxygen atoms in total. The van der Waals surface area contributed by atoms with Crippen LogP contribution in [0.15, 0.2) is 0 Å². The summed E-state index contributed by atoms with van der Waals surface area (Å²) in [6.07, 6.45) is 0. The second-order valence-electron chi connectivity index (χ2n) is 0. The van der Waals surface area contributed by atoms with Crippen LogP contribution in [-0.4, -0.2) is 5.48 Å². The third-order valence-electron chi connectivity index (χ3n) is 0. The van der Waals surface area contributed by atoms with E-state index in [2.05, 4.69) is 0 Å². The first kappa shape index (κ1) is 155000. The third-order valence-corrected chi connectivity index (χ3v) is 0. The largest absolute Gasteiger partial charge is 1.00 e. The van der Waals surface area contributed by atoms with Crippen molar-refractivity contribution >= 4 is 0 Å². The van der Waals surface area contributed by atoms with E-state index < -0.39 is 0 Å². The zero-order chi connectivity index (χ0) is 0. The van der Waals surface area contributed by atoms with Crippen LogP contribution >= 0.6 is 0 Å². The molecule has 0 aliphatic heterocycles. The van der Waals surface area contributed by atoms with Crippen LogP contribution in [0.4, 0.5) is 0 Å². The maximum absolute atomic E-state index is 0. The van der Waals surface area contributed by atoms with Gasteiger partial charge in [-0.3, -0.25) is 0 Å². The molecule has 0 saturated carbocycles. The molecule has 0 aliphatic carbocycles. The van der Waals surface area contributed by atoms with Crippen LogP contribution in [0, 0.1) is 0 Å². The van der Waals surface area contributed by atoms with Gasteiger partial charge in [-0.25, -0.2) is 0 Å². The van der Waals surface area contributed by atoms with Gasteiger partial charge < -0.3 is 5.48 Å². The molecule has 0 rings (SSSR count). The summed E-state index contributed by atoms with van der Waals surface area (Å²) in [6.45, 7) is 0. The Hall–Kier alpha value is -0.0400. The summed E-state index contributed by atoms with van der Waals surface area (Å²) in [5.41, 5.74) is 0. The lowest BCUT2D eigenvalue weighted by atomic mass is 12.0. The summed E-state index contributed by atoms with van der Waals surface area (Å²) >= 11 is 0. The fourth-order valence-electron chi connectivity index (χ4n) is 0. The molecule has 0 radical (unpaired) electrons. The van der Waals surface area contributed by atoms with E-state index in [1.165, 1.54) is 0 Å². The Morgan fingerprint density at radius 1 is 0.429 bits per heavy atom. The van der Waals surface area contributed by atoms with E-state index in [0.29, 0.717) is 0 Å². The van der Waals surface area contributed by atoms with E-state index in [4.69, 9.17) is 0 Å². The van der Waals surface area contributed by atoms with E-state index >= 15 is 0 Å². The first-order valence-corrected chi connectivity index (χ1v) is 0. The van der Waals surface area contributed by atoms with Gasteiger partial charge in [0.05, 0.1) is 0 Å². The van der Waals surface area contributed by atoms with E-state index in [0.717, 1.165) is 0 Å². The van der Waals surface area contributed by atoms with Crippen LogP contribution in [0.1, 0.15) is 46.0 Å². The van der Waals surface area contributed by atoms with Gasteiger partial charge in [0, 0.05) is 0 Å². The summed E-state index contributed by atoms with van der Waals surface area (Å²) in [5.74, 6) is 0. The van der Waals surface area contributed by atoms with Crippen molar-refractivity contribution < 1.29 is 6.90 Å². The van der Waals surface area contributed by atoms with Crippen molar-refractivity contribution in [2.45, 2.75) is 44.6 Å². The Morgan fingerprint density at radius 3 is 0.429 bits per heavy atom. The van der Waals surface area contributed by atoms with Gasteiger partial charge in [-0.05, 0) is 0 Å². The summed E-state index contributed by atoms with van der Waals surface area (Å²) in [4.78, 5) is 0. The van der Waals surface area contributed by atoms with Crippen molar-refractivity contribution in [1.82, 2.24) is 0 Å². The molecule has 56 valence electrons. The van der Waals surface area contributed by atoms with Gasteiger partial charge in [-0.15, -0.1) is 0 Å². The van der Waals surface area contributed by atoms with Crippen molar-refractivity contribution in [2.75, 3.05) is 0 Å². The monoisotopic (exact) mass is 115 g/mol. The molecular weight excluding hydrogens is 88.1 g/mol. The fraction of sp³-hybridized carbons (Fsp3) is 1.00. The molecule has 0 amide bonds. The highest BCUT2D eigenvalue weighted by molar-refractivity contribution is 2.51. The van der Waals surface area contributed by atoms with Crippen LogP contribution < -0.4 is 0 Å². The molecule has 0 spiro atoms. The molecule has 0 bridgehead atoms. The van der Waals surface area contributed by atoms with E-state index in [9.17, 15) is 0 Å². The normalized spacial score (nSPS) is 0. The Labute approximate surface area is 52.6 Å². The van der Waals surface area contributed by atoms with Crippen molar-refractivity contribution in [3.63, 3.8) is 0 Å². The number of hydrogen-bond acceptors (Lipinski definition) is 0. The maximum atomic E-state index is 0. The second-order valence-corrected chi connectivity index (χ2v) is 0. The maximum Gasteiger partial charge on any atom is 1.00 e. The topological polar surface area (TPSA) is 31.5 Å². The standard InChI is InChI=1S/6CH4.H2O/h6*1H4;1H2/p+1. The predicted octanol–water partition coefficient (Wildman–Crippen LogP) is 3.10. The summed E-state index contributed by atoms with van der Waals surface area (Å²) in [7, 11) is 0. The second kappa shape index (κ2) is 91600. The first-order valence-electron chi connectivity index (χ1n) is 0. The predicted molar refractivity (Wildman–Crippen MR) is 45.1 cm³/mol. The van der Waals surface area contributed by atoms with Crippen LogP contribution in [-0.2, 0) is 0 Å². The lowest BCUT2D eigenvalue weighted by Crippen LogP contribution is -0.289. The highest BCUT2D eigenvalue weighted by Crippen LogP contribution is 0.149. The minimum atomic E-state index is 0. The average molecular weight is 115 g/mol. The highest BCUT2D eigenvalue weighted by atomic mass is 16.0. The van der Waals surface area contributed by atoms with Crippen LogP contribution in [0.3, 0.4) is 0 Å². The summed E-state index contributed by atoms with van der Waals surface area (Å²) in [5, 5.41) is 0. The minimum Gasteiger partial charge on any atom is -0.412 e. The molecule has 0 aromatic carbocycles. The van der Waals surface area contributed by atoms with Gasteiger partial charge in [0.2, 0.25) is 0 Å². The average Bonchev–Trinajstić information content (AvgIpc) is 0. The molecule has 0 heterocycles. The van der Waals surface area contributed by atoms with Gasteiger partial charge in [0.1, 0.15) is 0 Å². The number of hydrogen-bond donors (Lipinski definition) is 0. The lowest BCUT2D eigenvalue weighted by molar-refractivity contribution is 0.824. The zero-order valence-electron chi connectivity index (χ0n) is 1.50. The zero-order valence-corrected chi connectivity index (χ0v) is 0.500. The SMILES string of the molecule is C.C.C.C.C.C.O.[H+]. The Balaban J connectivity index is 0. The van der Waals surface area contributed by atoms with Crippen LogP contribution in [0.2, 0.25) is 0 Å². The van der Waals surface area contributed by atoms with Gasteiger partial charge >= 0.3 is 1.43 Å². The molecular formula is C6H27O+. The molecule has 0 atom stereocenters. The summed E-state index contributed by atoms with van der Waals surface area (Å²) in [6, 6.07) is 0. The van der Waals surface area contributed by atoms with Gasteiger partial charge in [0.25, 0.3) is 0 Å². The van der Waals surface area contributed by atoms with E-state index in [1.807, 2.05) is 0 Å². The molecule has 0 unspecified atom stereocenters. The first-order chi connectivity index (χ1) is 0. The molecule has 0 fully saturated rings. The van der Waals surface area contributed by atoms with Crippen molar-refractivity contribution in [2.24, 2.45) is 0 Å². The Kier molecular flexibility index (Phi) is 2020000000. The van der Waals surface area contributed by atoms with Gasteiger partial charge in [0.15, 0.2) is 0 Å². The molecule has 2 N–H and O–H groups in total. The summed E-state index contributed by atoms with van der Waals surface area (Å²) < 4.78 is 0. The smallest absolute Gasteiger partial charge is 0.412 e. The third kappa shape index (κ3) is 58400. The number of rotatable bonds is 0. The molecule has 7 heavy (non-hydrogen) atoms. The Morgan fingerprint density at radius 2 is 0.429 bits per heavy atom. The lowest BCUT2D eigenvalue weighted by Gasteiger charge is -0.412. The van der Waals surface area contributed by atoms with Crippen LogP contribution in [0.5, 0.6) is 0 Å². The van der Waals surface area contributed by atoms with Crippen molar-refractivity contribution in [1.29, 1.82) is 0 Å². The minimum absolute atomic E-state index is 0. The van der Waals surface area contributed by atoms with Crippen LogP contribution in [0.25, 0.3) is 0 Å². The van der Waals surface area contributed by atoms with E-state index in [1.54, 1.807) is 0 Å². The molecule has 0 aliphatic rings. The quantitative estimate of drug-likeness (QED) is 0.464. The molecule has 0 saturated heterocycles. The fourth-order valence-corrected chi connectivity index (χ4v) is 0. The van der Waals surface area contributed by atoms with Crippen molar-refractivity contribution in [3.05, 3.63) is 0 Å². The van der Waals surface area contributed by atoms with Crippen molar-refractivity contribution in [3.8, 4) is 0 Å². The molecule has 0 aromatic heterocycles. The van der Waals surface area contributed by atoms with Gasteiger partial charge in [-0.1, -0.05) is 44.6 Å². The highest BCUT2D eigenvalue weighted by Gasteiger charge is -0.0725. The van der Waals surface area contributed by atoms with E-state index in [-0.39, 0.29) is 51.5 Å². The molecule has 1 heteroatoms. The Bertz CT molecular complexity index is 8.49. The van der Waals surface area contributed by atoms with Gasteiger partial charge in [-0.2, -0.15) is 0 Å².